The van der Waals surface area contributed by atoms with Gasteiger partial charge in [-0.25, -0.2) is 16.8 Å². The first kappa shape index (κ1) is 24.9. The maximum absolute atomic E-state index is 13.9. The van der Waals surface area contributed by atoms with Crippen molar-refractivity contribution < 1.29 is 30.0 Å². The highest BCUT2D eigenvalue weighted by molar-refractivity contribution is 8.04. The van der Waals surface area contributed by atoms with Gasteiger partial charge in [-0.2, -0.15) is 13.2 Å². The maximum Gasteiger partial charge on any atom is 0.395 e. The molecule has 10 heteroatoms. The minimum absolute atomic E-state index is 0.0673. The fourth-order valence-electron chi connectivity index (χ4n) is 3.34. The lowest BCUT2D eigenvalue weighted by molar-refractivity contribution is -0.152. The number of benzene rings is 3. The second-order valence-electron chi connectivity index (χ2n) is 7.43. The van der Waals surface area contributed by atoms with Crippen LogP contribution >= 0.6 is 0 Å². The van der Waals surface area contributed by atoms with E-state index in [2.05, 4.69) is 0 Å². The van der Waals surface area contributed by atoms with Crippen molar-refractivity contribution in [2.45, 2.75) is 35.2 Å². The Kier molecular flexibility index (Phi) is 7.30. The van der Waals surface area contributed by atoms with Gasteiger partial charge in [-0.1, -0.05) is 69.9 Å². The van der Waals surface area contributed by atoms with Crippen molar-refractivity contribution >= 4 is 20.0 Å². The van der Waals surface area contributed by atoms with Gasteiger partial charge >= 0.3 is 6.18 Å². The second-order valence-corrected chi connectivity index (χ2v) is 11.4. The van der Waals surface area contributed by atoms with E-state index in [0.717, 1.165) is 5.56 Å². The molecule has 0 amide bonds. The quantitative estimate of drug-likeness (QED) is 0.434. The van der Waals surface area contributed by atoms with Crippen LogP contribution in [0.4, 0.5) is 13.2 Å². The molecule has 0 spiro atoms. The molecule has 1 unspecified atom stereocenters. The normalized spacial score (nSPS) is 13.7. The molecule has 33 heavy (non-hydrogen) atoms. The third kappa shape index (κ3) is 5.63. The first-order valence-corrected chi connectivity index (χ1v) is 12.8. The van der Waals surface area contributed by atoms with Crippen molar-refractivity contribution in [3.63, 3.8) is 0 Å². The van der Waals surface area contributed by atoms with E-state index in [1.165, 1.54) is 72.8 Å². The molecule has 176 valence electrons. The van der Waals surface area contributed by atoms with Gasteiger partial charge in [0, 0.05) is 6.54 Å². The Balaban J connectivity index is 2.05. The summed E-state index contributed by atoms with van der Waals surface area (Å²) in [6, 6.07) is 19.2. The molecule has 0 heterocycles. The molecule has 5 nitrogen and oxygen atoms in total. The van der Waals surface area contributed by atoms with Crippen molar-refractivity contribution in [1.29, 1.82) is 0 Å². The number of nitrogens with zero attached hydrogens (tertiary/aromatic N) is 1. The van der Waals surface area contributed by atoms with E-state index >= 15 is 0 Å². The smallest absolute Gasteiger partial charge is 0.206 e. The second kappa shape index (κ2) is 9.66. The number of hydrogen-bond acceptors (Lipinski definition) is 4. The molecule has 0 fully saturated rings. The van der Waals surface area contributed by atoms with E-state index in [-0.39, 0.29) is 19.1 Å². The molecular weight excluding hydrogens is 475 g/mol. The summed E-state index contributed by atoms with van der Waals surface area (Å²) >= 11 is 0. The zero-order valence-electron chi connectivity index (χ0n) is 17.6. The summed E-state index contributed by atoms with van der Waals surface area (Å²) in [4.78, 5) is -0.660. The van der Waals surface area contributed by atoms with Crippen LogP contribution in [0.2, 0.25) is 0 Å². The molecule has 0 bridgehead atoms. The van der Waals surface area contributed by atoms with Gasteiger partial charge in [-0.15, -0.1) is 0 Å². The van der Waals surface area contributed by atoms with Crippen LogP contribution in [0.25, 0.3) is 0 Å². The van der Waals surface area contributed by atoms with Gasteiger partial charge in [0.05, 0.1) is 15.7 Å². The van der Waals surface area contributed by atoms with Crippen LogP contribution in [0.15, 0.2) is 94.7 Å². The average molecular weight is 498 g/mol. The maximum atomic E-state index is 13.9. The lowest BCUT2D eigenvalue weighted by Crippen LogP contribution is -2.39. The van der Waals surface area contributed by atoms with Gasteiger partial charge in [0.2, 0.25) is 0 Å². The Labute approximate surface area is 191 Å². The molecule has 0 saturated heterocycles. The zero-order chi connectivity index (χ0) is 24.3. The fraction of sp³-hybridized carbons (Fsp3) is 0.217. The summed E-state index contributed by atoms with van der Waals surface area (Å²) in [5.74, 6) is -2.04. The molecule has 0 aliphatic carbocycles. The molecule has 0 aliphatic heterocycles. The molecule has 3 aromatic rings. The molecule has 0 aromatic heterocycles. The molecular formula is C23H22F3NO4S2. The first-order chi connectivity index (χ1) is 15.4. The number of halogens is 3. The van der Waals surface area contributed by atoms with Crippen molar-refractivity contribution in [3.8, 4) is 0 Å². The van der Waals surface area contributed by atoms with Crippen molar-refractivity contribution in [2.24, 2.45) is 0 Å². The average Bonchev–Trinajstić information content (AvgIpc) is 2.77. The van der Waals surface area contributed by atoms with E-state index in [9.17, 15) is 30.0 Å². The van der Waals surface area contributed by atoms with E-state index in [1.54, 1.807) is 19.1 Å². The fourth-order valence-corrected chi connectivity index (χ4v) is 7.06. The van der Waals surface area contributed by atoms with E-state index < -0.39 is 45.1 Å². The van der Waals surface area contributed by atoms with E-state index in [1.807, 2.05) is 0 Å². The lowest BCUT2D eigenvalue weighted by Gasteiger charge is -2.26. The first-order valence-electron chi connectivity index (χ1n) is 9.95. The van der Waals surface area contributed by atoms with Crippen LogP contribution < -0.4 is 0 Å². The molecule has 0 aliphatic rings. The third-order valence-corrected chi connectivity index (χ3v) is 9.44. The summed E-state index contributed by atoms with van der Waals surface area (Å²) in [7, 11) is -9.32. The topological polar surface area (TPSA) is 71.5 Å². The minimum atomic E-state index is -4.70. The van der Waals surface area contributed by atoms with Crippen LogP contribution in [-0.4, -0.2) is 33.3 Å². The Hall–Kier alpha value is -2.69. The van der Waals surface area contributed by atoms with Crippen molar-refractivity contribution in [3.05, 3.63) is 96.1 Å². The standard InChI is InChI=1S/C23H22F3NO4S2/c1-18-12-14-19(15-13-18)22(23(24,25)26)16-17-27(32(28,29)20-8-4-2-5-9-20)33(30,31)21-10-6-3-7-11-21/h2-15,22H,16-17H2,1H3. The van der Waals surface area contributed by atoms with Gasteiger partial charge < -0.3 is 0 Å². The van der Waals surface area contributed by atoms with Crippen LogP contribution in [-0.2, 0) is 20.0 Å². The molecule has 3 rings (SSSR count). The highest BCUT2D eigenvalue weighted by atomic mass is 32.3. The minimum Gasteiger partial charge on any atom is -0.206 e. The summed E-state index contributed by atoms with van der Waals surface area (Å²) in [5.41, 5.74) is 0.696. The van der Waals surface area contributed by atoms with Gasteiger partial charge in [0.15, 0.2) is 0 Å². The Morgan fingerprint density at radius 2 is 1.15 bits per heavy atom. The third-order valence-electron chi connectivity index (χ3n) is 5.09. The predicted molar refractivity (Wildman–Crippen MR) is 119 cm³/mol. The zero-order valence-corrected chi connectivity index (χ0v) is 19.2. The molecule has 3 aromatic carbocycles. The molecule has 0 saturated carbocycles. The van der Waals surface area contributed by atoms with E-state index in [0.29, 0.717) is 0 Å². The number of sulfonamides is 2. The van der Waals surface area contributed by atoms with Gasteiger partial charge in [0.1, 0.15) is 0 Å². The summed E-state index contributed by atoms with van der Waals surface area (Å²) in [5, 5.41) is 0. The molecule has 0 N–H and O–H groups in total. The summed E-state index contributed by atoms with van der Waals surface area (Å²) in [6.45, 7) is 0.847. The number of hydrogen-bond donors (Lipinski definition) is 0. The van der Waals surface area contributed by atoms with Crippen LogP contribution in [0.3, 0.4) is 0 Å². The summed E-state index contributed by atoms with van der Waals surface area (Å²) in [6.07, 6.45) is -5.47. The summed E-state index contributed by atoms with van der Waals surface area (Å²) < 4.78 is 94.8. The van der Waals surface area contributed by atoms with Gasteiger partial charge in [-0.05, 0) is 43.2 Å². The largest absolute Gasteiger partial charge is 0.395 e. The Bertz CT molecular complexity index is 1210. The number of rotatable bonds is 8. The van der Waals surface area contributed by atoms with Crippen LogP contribution in [0.5, 0.6) is 0 Å². The number of aryl methyl sites for hydroxylation is 1. The highest BCUT2D eigenvalue weighted by Crippen LogP contribution is 2.38. The van der Waals surface area contributed by atoms with Crippen LogP contribution in [0.1, 0.15) is 23.5 Å². The van der Waals surface area contributed by atoms with Crippen LogP contribution in [0, 0.1) is 6.92 Å². The highest BCUT2D eigenvalue weighted by Gasteiger charge is 2.43. The van der Waals surface area contributed by atoms with Gasteiger partial charge in [0.25, 0.3) is 20.0 Å². The predicted octanol–water partition coefficient (Wildman–Crippen LogP) is 5.11. The lowest BCUT2D eigenvalue weighted by atomic mass is 9.94. The Morgan fingerprint density at radius 3 is 1.55 bits per heavy atom. The monoisotopic (exact) mass is 497 g/mol. The van der Waals surface area contributed by atoms with Gasteiger partial charge in [-0.3, -0.25) is 0 Å². The Morgan fingerprint density at radius 1 is 0.727 bits per heavy atom. The SMILES string of the molecule is Cc1ccc(C(CCN(S(=O)(=O)c2ccccc2)S(=O)(=O)c2ccccc2)C(F)(F)F)cc1. The molecule has 0 radical (unpaired) electrons. The molecule has 1 atom stereocenters. The van der Waals surface area contributed by atoms with E-state index in [4.69, 9.17) is 0 Å². The van der Waals surface area contributed by atoms with Crippen molar-refractivity contribution in [2.75, 3.05) is 6.54 Å². The number of alkyl halides is 3. The van der Waals surface area contributed by atoms with Crippen molar-refractivity contribution in [1.82, 2.24) is 3.71 Å².